The number of nitrogens with one attached hydrogen (secondary N) is 1. The van der Waals surface area contributed by atoms with Gasteiger partial charge in [0, 0.05) is 32.7 Å². The fourth-order valence-electron chi connectivity index (χ4n) is 2.30. The fraction of sp³-hybridized carbons (Fsp3) is 0.923. The topological polar surface area (TPSA) is 78.9 Å². The lowest BCUT2D eigenvalue weighted by Crippen LogP contribution is -2.41. The van der Waals surface area contributed by atoms with E-state index in [1.807, 2.05) is 0 Å². The van der Waals surface area contributed by atoms with Gasteiger partial charge in [-0.15, -0.1) is 0 Å². The summed E-state index contributed by atoms with van der Waals surface area (Å²) >= 11 is 0. The zero-order valence-corrected chi connectivity index (χ0v) is 14.1. The van der Waals surface area contributed by atoms with Crippen molar-refractivity contribution in [1.29, 1.82) is 0 Å². The minimum absolute atomic E-state index is 0.0540. The van der Waals surface area contributed by atoms with Gasteiger partial charge in [-0.05, 0) is 32.7 Å². The van der Waals surface area contributed by atoms with Gasteiger partial charge in [-0.2, -0.15) is 12.7 Å². The molecule has 1 N–H and O–H groups in total. The van der Waals surface area contributed by atoms with Gasteiger partial charge in [0.05, 0.1) is 13.5 Å². The van der Waals surface area contributed by atoms with Gasteiger partial charge >= 0.3 is 5.97 Å². The molecular weight excluding hydrogens is 294 g/mol. The van der Waals surface area contributed by atoms with Crippen LogP contribution in [-0.4, -0.2) is 70.0 Å². The zero-order valence-electron chi connectivity index (χ0n) is 13.3. The van der Waals surface area contributed by atoms with Crippen molar-refractivity contribution in [3.05, 3.63) is 0 Å². The summed E-state index contributed by atoms with van der Waals surface area (Å²) in [6.45, 7) is 6.79. The van der Waals surface area contributed by atoms with Crippen molar-refractivity contribution in [1.82, 2.24) is 13.9 Å². The van der Waals surface area contributed by atoms with E-state index in [-0.39, 0.29) is 13.0 Å². The van der Waals surface area contributed by atoms with Crippen LogP contribution >= 0.6 is 0 Å². The van der Waals surface area contributed by atoms with E-state index >= 15 is 0 Å². The lowest BCUT2D eigenvalue weighted by Gasteiger charge is -2.21. The standard InChI is InChI=1S/C13H27N3O4S/c1-11(2)16-8-5-12(10-16)9-14-21(18,19)15(3)7-6-13(17)20-4/h11-12,14H,5-10H2,1-4H3. The number of esters is 1. The van der Waals surface area contributed by atoms with Crippen molar-refractivity contribution >= 4 is 16.2 Å². The van der Waals surface area contributed by atoms with Gasteiger partial charge in [0.2, 0.25) is 0 Å². The van der Waals surface area contributed by atoms with Gasteiger partial charge in [-0.25, -0.2) is 4.72 Å². The molecular formula is C13H27N3O4S. The highest BCUT2D eigenvalue weighted by Gasteiger charge is 2.26. The number of likely N-dealkylation sites (tertiary alicyclic amines) is 1. The quantitative estimate of drug-likeness (QED) is 0.639. The van der Waals surface area contributed by atoms with Gasteiger partial charge in [0.25, 0.3) is 10.2 Å². The molecule has 1 atom stereocenters. The van der Waals surface area contributed by atoms with Crippen LogP contribution in [0.3, 0.4) is 0 Å². The average Bonchev–Trinajstić information content (AvgIpc) is 2.91. The summed E-state index contributed by atoms with van der Waals surface area (Å²) in [5.41, 5.74) is 0. The Labute approximate surface area is 127 Å². The van der Waals surface area contributed by atoms with Crippen molar-refractivity contribution in [3.8, 4) is 0 Å². The molecule has 1 fully saturated rings. The molecule has 0 spiro atoms. The van der Waals surface area contributed by atoms with Crippen LogP contribution in [0, 0.1) is 5.92 Å². The van der Waals surface area contributed by atoms with E-state index in [1.54, 1.807) is 0 Å². The molecule has 1 unspecified atom stereocenters. The molecule has 21 heavy (non-hydrogen) atoms. The van der Waals surface area contributed by atoms with Crippen LogP contribution < -0.4 is 4.72 Å². The molecule has 0 aromatic rings. The number of ether oxygens (including phenoxy) is 1. The largest absolute Gasteiger partial charge is 0.469 e. The third kappa shape index (κ3) is 5.90. The van der Waals surface area contributed by atoms with Gasteiger partial charge in [-0.3, -0.25) is 4.79 Å². The highest BCUT2D eigenvalue weighted by Crippen LogP contribution is 2.17. The summed E-state index contributed by atoms with van der Waals surface area (Å²) in [5.74, 6) is -0.0726. The fourth-order valence-corrected chi connectivity index (χ4v) is 3.30. The predicted octanol–water partition coefficient (Wildman–Crippen LogP) is 0.0460. The second kappa shape index (κ2) is 8.07. The molecule has 8 heteroatoms. The minimum atomic E-state index is -3.53. The predicted molar refractivity (Wildman–Crippen MR) is 81.0 cm³/mol. The zero-order chi connectivity index (χ0) is 16.0. The van der Waals surface area contributed by atoms with Crippen LogP contribution in [0.5, 0.6) is 0 Å². The number of carbonyl (C=O) groups excluding carboxylic acids is 1. The molecule has 1 heterocycles. The average molecular weight is 321 g/mol. The Hall–Kier alpha value is -0.700. The van der Waals surface area contributed by atoms with Crippen molar-refractivity contribution in [2.24, 2.45) is 5.92 Å². The van der Waals surface area contributed by atoms with Crippen molar-refractivity contribution in [2.45, 2.75) is 32.7 Å². The van der Waals surface area contributed by atoms with Crippen LogP contribution in [0.25, 0.3) is 0 Å². The summed E-state index contributed by atoms with van der Waals surface area (Å²) < 4.78 is 32.4. The molecule has 1 aliphatic heterocycles. The Morgan fingerprint density at radius 2 is 2.14 bits per heavy atom. The Bertz CT molecular complexity index is 439. The lowest BCUT2D eigenvalue weighted by atomic mass is 10.1. The van der Waals surface area contributed by atoms with Crippen molar-refractivity contribution < 1.29 is 17.9 Å². The maximum absolute atomic E-state index is 12.1. The molecule has 0 aliphatic carbocycles. The third-order valence-corrected chi connectivity index (χ3v) is 5.41. The first-order valence-electron chi connectivity index (χ1n) is 7.28. The molecule has 7 nitrogen and oxygen atoms in total. The highest BCUT2D eigenvalue weighted by molar-refractivity contribution is 7.87. The lowest BCUT2D eigenvalue weighted by molar-refractivity contribution is -0.140. The molecule has 0 radical (unpaired) electrons. The number of hydrogen-bond acceptors (Lipinski definition) is 5. The van der Waals surface area contributed by atoms with E-state index in [1.165, 1.54) is 14.2 Å². The van der Waals surface area contributed by atoms with Crippen LogP contribution in [0.4, 0.5) is 0 Å². The molecule has 0 amide bonds. The second-order valence-electron chi connectivity index (χ2n) is 5.74. The molecule has 0 bridgehead atoms. The molecule has 0 aromatic heterocycles. The number of carbonyl (C=O) groups is 1. The Balaban J connectivity index is 2.37. The smallest absolute Gasteiger partial charge is 0.306 e. The van der Waals surface area contributed by atoms with E-state index in [4.69, 9.17) is 0 Å². The first-order chi connectivity index (χ1) is 9.76. The van der Waals surface area contributed by atoms with Crippen LogP contribution in [0.2, 0.25) is 0 Å². The van der Waals surface area contributed by atoms with Crippen molar-refractivity contribution in [3.63, 3.8) is 0 Å². The summed E-state index contributed by atoms with van der Waals surface area (Å²) in [5, 5.41) is 0. The van der Waals surface area contributed by atoms with Gasteiger partial charge < -0.3 is 9.64 Å². The molecule has 124 valence electrons. The maximum Gasteiger partial charge on any atom is 0.306 e. The summed E-state index contributed by atoms with van der Waals surface area (Å²) in [7, 11) is -0.786. The first kappa shape index (κ1) is 18.3. The third-order valence-electron chi connectivity index (χ3n) is 3.87. The number of methoxy groups -OCH3 is 1. The highest BCUT2D eigenvalue weighted by atomic mass is 32.2. The van der Waals surface area contributed by atoms with E-state index < -0.39 is 16.2 Å². The Morgan fingerprint density at radius 3 is 2.67 bits per heavy atom. The molecule has 1 aliphatic rings. The van der Waals surface area contributed by atoms with Crippen LogP contribution in [0.1, 0.15) is 26.7 Å². The van der Waals surface area contributed by atoms with Gasteiger partial charge in [0.1, 0.15) is 0 Å². The molecule has 0 aromatic carbocycles. The SMILES string of the molecule is COC(=O)CCN(C)S(=O)(=O)NCC1CCN(C(C)C)C1. The minimum Gasteiger partial charge on any atom is -0.469 e. The Morgan fingerprint density at radius 1 is 1.48 bits per heavy atom. The van der Waals surface area contributed by atoms with Crippen LogP contribution in [0.15, 0.2) is 0 Å². The molecule has 1 saturated heterocycles. The second-order valence-corrected chi connectivity index (χ2v) is 7.61. The van der Waals surface area contributed by atoms with E-state index in [9.17, 15) is 13.2 Å². The summed E-state index contributed by atoms with van der Waals surface area (Å²) in [6.07, 6.45) is 1.06. The van der Waals surface area contributed by atoms with Crippen molar-refractivity contribution in [2.75, 3.05) is 40.3 Å². The van der Waals surface area contributed by atoms with E-state index in [0.29, 0.717) is 18.5 Å². The first-order valence-corrected chi connectivity index (χ1v) is 8.72. The van der Waals surface area contributed by atoms with Gasteiger partial charge in [-0.1, -0.05) is 0 Å². The number of hydrogen-bond donors (Lipinski definition) is 1. The van der Waals surface area contributed by atoms with E-state index in [0.717, 1.165) is 23.8 Å². The number of nitrogens with zero attached hydrogens (tertiary/aromatic N) is 2. The van der Waals surface area contributed by atoms with Gasteiger partial charge in [0.15, 0.2) is 0 Å². The number of rotatable bonds is 8. The molecule has 1 rings (SSSR count). The van der Waals surface area contributed by atoms with E-state index in [2.05, 4.69) is 28.2 Å². The monoisotopic (exact) mass is 321 g/mol. The maximum atomic E-state index is 12.1. The van der Waals surface area contributed by atoms with Crippen LogP contribution in [-0.2, 0) is 19.7 Å². The summed E-state index contributed by atoms with van der Waals surface area (Å²) in [6, 6.07) is 0.495. The Kier molecular flexibility index (Phi) is 7.05. The molecule has 0 saturated carbocycles. The summed E-state index contributed by atoms with van der Waals surface area (Å²) in [4.78, 5) is 13.4. The normalized spacial score (nSPS) is 20.4.